The normalized spacial score (nSPS) is 18.2. The molecule has 34 heavy (non-hydrogen) atoms. The summed E-state index contributed by atoms with van der Waals surface area (Å²) in [4.78, 5) is 27.9. The predicted molar refractivity (Wildman–Crippen MR) is 136 cm³/mol. The quantitative estimate of drug-likeness (QED) is 0.401. The van der Waals surface area contributed by atoms with E-state index in [0.29, 0.717) is 29.5 Å². The van der Waals surface area contributed by atoms with E-state index >= 15 is 0 Å². The molecule has 2 aliphatic rings. The molecule has 5 rings (SSSR count). The van der Waals surface area contributed by atoms with Crippen molar-refractivity contribution in [2.24, 2.45) is 5.92 Å². The second-order valence-corrected chi connectivity index (χ2v) is 10.2. The van der Waals surface area contributed by atoms with E-state index in [1.165, 1.54) is 24.2 Å². The fraction of sp³-hybridized carbons (Fsp3) is 0.321. The Morgan fingerprint density at radius 2 is 1.79 bits per heavy atom. The topological polar surface area (TPSA) is 66.1 Å². The summed E-state index contributed by atoms with van der Waals surface area (Å²) in [6.45, 7) is 3.13. The molecule has 1 aliphatic carbocycles. The molecular formula is C28H27N3O2S. The lowest BCUT2D eigenvalue weighted by Gasteiger charge is -2.25. The van der Waals surface area contributed by atoms with E-state index in [1.54, 1.807) is 0 Å². The maximum Gasteiger partial charge on any atom is 0.293 e. The van der Waals surface area contributed by atoms with E-state index in [1.807, 2.05) is 55.5 Å². The van der Waals surface area contributed by atoms with Crippen molar-refractivity contribution in [3.8, 4) is 6.07 Å². The summed E-state index contributed by atoms with van der Waals surface area (Å²) >= 11 is 1.05. The van der Waals surface area contributed by atoms with E-state index in [4.69, 9.17) is 0 Å². The molecule has 2 fully saturated rings. The van der Waals surface area contributed by atoms with Crippen LogP contribution in [0.1, 0.15) is 54.5 Å². The predicted octanol–water partition coefficient (Wildman–Crippen LogP) is 6.49. The first-order chi connectivity index (χ1) is 16.6. The summed E-state index contributed by atoms with van der Waals surface area (Å²) < 4.78 is 2.18. The Bertz CT molecular complexity index is 1340. The van der Waals surface area contributed by atoms with Gasteiger partial charge in [0.15, 0.2) is 0 Å². The number of carbonyl (C=O) groups excluding carboxylic acids is 2. The third-order valence-electron chi connectivity index (χ3n) is 7.06. The van der Waals surface area contributed by atoms with Crippen molar-refractivity contribution in [1.82, 2.24) is 9.47 Å². The number of thioether (sulfide) groups is 1. The molecule has 0 bridgehead atoms. The van der Waals surface area contributed by atoms with Gasteiger partial charge < -0.3 is 4.57 Å². The van der Waals surface area contributed by atoms with Gasteiger partial charge in [-0.25, -0.2) is 0 Å². The van der Waals surface area contributed by atoms with E-state index in [-0.39, 0.29) is 11.1 Å². The first-order valence-corrected chi connectivity index (χ1v) is 12.7. The SMILES string of the molecule is Cc1c(/C=C2/SC(=O)N(CC3CCCCC3)C2=O)c2ccccc2n1Cc1ccccc1C#N. The minimum Gasteiger partial charge on any atom is -0.340 e. The van der Waals surface area contributed by atoms with Gasteiger partial charge in [0.1, 0.15) is 0 Å². The number of hydrogen-bond donors (Lipinski definition) is 0. The van der Waals surface area contributed by atoms with Crippen LogP contribution in [-0.2, 0) is 11.3 Å². The van der Waals surface area contributed by atoms with Gasteiger partial charge in [0, 0.05) is 35.2 Å². The van der Waals surface area contributed by atoms with Crippen LogP contribution in [0.2, 0.25) is 0 Å². The van der Waals surface area contributed by atoms with Crippen LogP contribution in [0.15, 0.2) is 53.4 Å². The number of para-hydroxylation sites is 1. The number of fused-ring (bicyclic) bond motifs is 1. The van der Waals surface area contributed by atoms with Gasteiger partial charge in [0.25, 0.3) is 11.1 Å². The molecule has 0 radical (unpaired) electrons. The molecule has 0 spiro atoms. The van der Waals surface area contributed by atoms with E-state index in [9.17, 15) is 14.9 Å². The molecule has 0 atom stereocenters. The van der Waals surface area contributed by atoms with Crippen molar-refractivity contribution >= 4 is 39.9 Å². The van der Waals surface area contributed by atoms with Crippen molar-refractivity contribution in [3.05, 3.63) is 75.8 Å². The molecule has 3 aromatic rings. The van der Waals surface area contributed by atoms with E-state index < -0.39 is 0 Å². The van der Waals surface area contributed by atoms with Crippen LogP contribution in [0, 0.1) is 24.2 Å². The highest BCUT2D eigenvalue weighted by atomic mass is 32.2. The molecule has 2 amide bonds. The van der Waals surface area contributed by atoms with Gasteiger partial charge >= 0.3 is 0 Å². The van der Waals surface area contributed by atoms with Crippen molar-refractivity contribution in [3.63, 3.8) is 0 Å². The van der Waals surface area contributed by atoms with Crippen LogP contribution < -0.4 is 0 Å². The number of hydrogen-bond acceptors (Lipinski definition) is 4. The second-order valence-electron chi connectivity index (χ2n) is 9.17. The molecule has 1 saturated carbocycles. The van der Waals surface area contributed by atoms with Gasteiger partial charge in [-0.05, 0) is 61.2 Å². The summed E-state index contributed by atoms with van der Waals surface area (Å²) in [7, 11) is 0. The van der Waals surface area contributed by atoms with Crippen LogP contribution in [0.5, 0.6) is 0 Å². The summed E-state index contributed by atoms with van der Waals surface area (Å²) in [6.07, 6.45) is 7.69. The lowest BCUT2D eigenvalue weighted by Crippen LogP contribution is -2.34. The number of nitriles is 1. The number of imide groups is 1. The molecule has 0 N–H and O–H groups in total. The standard InChI is InChI=1S/C28H27N3O2S/c1-19-24(15-26-27(32)31(28(33)34-26)17-20-9-3-2-4-10-20)23-13-7-8-14-25(23)30(19)18-22-12-6-5-11-21(22)16-29/h5-8,11-15,20H,2-4,9-10,17-18H2,1H3/b26-15+. The van der Waals surface area contributed by atoms with Crippen molar-refractivity contribution < 1.29 is 9.59 Å². The number of aromatic nitrogens is 1. The maximum absolute atomic E-state index is 13.2. The average molecular weight is 470 g/mol. The first-order valence-electron chi connectivity index (χ1n) is 11.9. The van der Waals surface area contributed by atoms with Crippen LogP contribution in [0.3, 0.4) is 0 Å². The Morgan fingerprint density at radius 3 is 2.59 bits per heavy atom. The molecule has 5 nitrogen and oxygen atoms in total. The monoisotopic (exact) mass is 469 g/mol. The number of rotatable bonds is 5. The summed E-state index contributed by atoms with van der Waals surface area (Å²) in [5.74, 6) is 0.247. The molecule has 2 aromatic carbocycles. The van der Waals surface area contributed by atoms with Gasteiger partial charge in [0.2, 0.25) is 0 Å². The first kappa shape index (κ1) is 22.5. The van der Waals surface area contributed by atoms with Crippen LogP contribution in [-0.4, -0.2) is 27.2 Å². The minimum absolute atomic E-state index is 0.161. The van der Waals surface area contributed by atoms with Crippen LogP contribution in [0.25, 0.3) is 17.0 Å². The summed E-state index contributed by atoms with van der Waals surface area (Å²) in [6, 6.07) is 18.0. The van der Waals surface area contributed by atoms with Crippen molar-refractivity contribution in [2.75, 3.05) is 6.54 Å². The van der Waals surface area contributed by atoms with E-state index in [2.05, 4.69) is 16.7 Å². The fourth-order valence-corrected chi connectivity index (χ4v) is 6.03. The number of nitrogens with zero attached hydrogens (tertiary/aromatic N) is 3. The fourth-order valence-electron chi connectivity index (χ4n) is 5.20. The Balaban J connectivity index is 1.50. The molecule has 1 saturated heterocycles. The van der Waals surface area contributed by atoms with Gasteiger partial charge in [0.05, 0.1) is 16.5 Å². The van der Waals surface area contributed by atoms with Gasteiger partial charge in [-0.3, -0.25) is 14.5 Å². The molecule has 0 unspecified atom stereocenters. The smallest absolute Gasteiger partial charge is 0.293 e. The van der Waals surface area contributed by atoms with Crippen LogP contribution in [0.4, 0.5) is 4.79 Å². The molecule has 172 valence electrons. The summed E-state index contributed by atoms with van der Waals surface area (Å²) in [5.41, 5.74) is 4.61. The molecule has 6 heteroatoms. The average Bonchev–Trinajstić information content (AvgIpc) is 3.28. The third kappa shape index (κ3) is 4.17. The van der Waals surface area contributed by atoms with E-state index in [0.717, 1.165) is 52.3 Å². The zero-order valence-corrected chi connectivity index (χ0v) is 20.1. The maximum atomic E-state index is 13.2. The van der Waals surface area contributed by atoms with Gasteiger partial charge in [-0.15, -0.1) is 0 Å². The highest BCUT2D eigenvalue weighted by Gasteiger charge is 2.36. The lowest BCUT2D eigenvalue weighted by molar-refractivity contribution is -0.123. The second kappa shape index (κ2) is 9.52. The highest BCUT2D eigenvalue weighted by molar-refractivity contribution is 8.18. The zero-order valence-electron chi connectivity index (χ0n) is 19.3. The Hall–Kier alpha value is -3.30. The Kier molecular flexibility index (Phi) is 6.30. The van der Waals surface area contributed by atoms with Crippen LogP contribution >= 0.6 is 11.8 Å². The molecular weight excluding hydrogens is 442 g/mol. The Labute approximate surface area is 204 Å². The summed E-state index contributed by atoms with van der Waals surface area (Å²) in [5, 5.41) is 10.4. The third-order valence-corrected chi connectivity index (χ3v) is 7.97. The van der Waals surface area contributed by atoms with Gasteiger partial charge in [-0.1, -0.05) is 55.7 Å². The van der Waals surface area contributed by atoms with Gasteiger partial charge in [-0.2, -0.15) is 5.26 Å². The Morgan fingerprint density at radius 1 is 1.06 bits per heavy atom. The highest BCUT2D eigenvalue weighted by Crippen LogP contribution is 2.37. The number of carbonyl (C=O) groups is 2. The molecule has 1 aromatic heterocycles. The van der Waals surface area contributed by atoms with Crippen molar-refractivity contribution in [2.45, 2.75) is 45.6 Å². The van der Waals surface area contributed by atoms with Crippen molar-refractivity contribution in [1.29, 1.82) is 5.26 Å². The zero-order chi connectivity index (χ0) is 23.7. The lowest BCUT2D eigenvalue weighted by atomic mass is 9.89. The molecule has 1 aliphatic heterocycles. The minimum atomic E-state index is -0.174. The number of amides is 2. The number of benzene rings is 2. The largest absolute Gasteiger partial charge is 0.340 e. The molecule has 2 heterocycles.